The molecule has 2 aromatic rings. The number of aromatic nitrogens is 2. The predicted molar refractivity (Wildman–Crippen MR) is 57.7 cm³/mol. The largest absolute Gasteiger partial charge is 0.444 e. The van der Waals surface area contributed by atoms with Crippen molar-refractivity contribution in [1.29, 1.82) is 0 Å². The molecule has 0 spiro atoms. The van der Waals surface area contributed by atoms with Gasteiger partial charge in [-0.2, -0.15) is 4.39 Å². The van der Waals surface area contributed by atoms with Gasteiger partial charge in [-0.1, -0.05) is 0 Å². The van der Waals surface area contributed by atoms with Crippen LogP contribution in [0.4, 0.5) is 4.39 Å². The zero-order valence-corrected chi connectivity index (χ0v) is 9.35. The number of hydrogen-bond donors (Lipinski definition) is 0. The van der Waals surface area contributed by atoms with Gasteiger partial charge < -0.3 is 9.32 Å². The summed E-state index contributed by atoms with van der Waals surface area (Å²) in [5.74, 6) is -0.883. The van der Waals surface area contributed by atoms with E-state index in [1.807, 2.05) is 0 Å². The van der Waals surface area contributed by atoms with E-state index in [-0.39, 0.29) is 11.6 Å². The maximum atomic E-state index is 13.1. The summed E-state index contributed by atoms with van der Waals surface area (Å²) in [6.07, 6.45) is 2.82. The van der Waals surface area contributed by atoms with Crippen molar-refractivity contribution < 1.29 is 13.6 Å². The Morgan fingerprint density at radius 1 is 1.41 bits per heavy atom. The quantitative estimate of drug-likeness (QED) is 0.741. The Labute approximate surface area is 96.9 Å². The number of pyridine rings is 1. The van der Waals surface area contributed by atoms with Crippen molar-refractivity contribution in [2.24, 2.45) is 0 Å². The molecular weight excluding hydrogens is 225 g/mol. The average Bonchev–Trinajstić information content (AvgIpc) is 2.81. The topological polar surface area (TPSA) is 59.2 Å². The fourth-order valence-corrected chi connectivity index (χ4v) is 1.34. The number of hydrogen-bond acceptors (Lipinski definition) is 4. The zero-order chi connectivity index (χ0) is 12.4. The van der Waals surface area contributed by atoms with Gasteiger partial charge in [0.05, 0.1) is 11.8 Å². The number of nitrogens with zero attached hydrogens (tertiary/aromatic N) is 3. The fraction of sp³-hybridized carbons (Fsp3) is 0.182. The van der Waals surface area contributed by atoms with Crippen LogP contribution >= 0.6 is 0 Å². The van der Waals surface area contributed by atoms with Gasteiger partial charge >= 0.3 is 0 Å². The molecule has 2 rings (SSSR count). The van der Waals surface area contributed by atoms with Gasteiger partial charge in [0, 0.05) is 14.1 Å². The van der Waals surface area contributed by atoms with E-state index in [1.54, 1.807) is 14.1 Å². The van der Waals surface area contributed by atoms with Gasteiger partial charge in [-0.3, -0.25) is 4.79 Å². The Hall–Kier alpha value is -2.24. The van der Waals surface area contributed by atoms with Crippen LogP contribution in [-0.4, -0.2) is 34.9 Å². The summed E-state index contributed by atoms with van der Waals surface area (Å²) in [4.78, 5) is 20.7. The molecule has 0 saturated heterocycles. The molecule has 2 heterocycles. The molecular formula is C11H10FN3O2. The molecule has 5 nitrogen and oxygen atoms in total. The van der Waals surface area contributed by atoms with Gasteiger partial charge in [0.2, 0.25) is 11.8 Å². The van der Waals surface area contributed by atoms with E-state index < -0.39 is 11.9 Å². The standard InChI is InChI=1S/C11H10FN3O2/c1-15(2)11(16)9-7(3-4-8(12)14-9)10-13-5-6-17-10/h3-6H,1-2H3. The molecule has 0 saturated carbocycles. The smallest absolute Gasteiger partial charge is 0.272 e. The molecule has 0 radical (unpaired) electrons. The van der Waals surface area contributed by atoms with E-state index in [1.165, 1.54) is 23.4 Å². The fourth-order valence-electron chi connectivity index (χ4n) is 1.34. The summed E-state index contributed by atoms with van der Waals surface area (Å²) in [6, 6.07) is 2.58. The van der Waals surface area contributed by atoms with Crippen LogP contribution in [0.2, 0.25) is 0 Å². The van der Waals surface area contributed by atoms with Gasteiger partial charge in [0.1, 0.15) is 12.0 Å². The van der Waals surface area contributed by atoms with Crippen molar-refractivity contribution in [3.8, 4) is 11.5 Å². The van der Waals surface area contributed by atoms with E-state index >= 15 is 0 Å². The van der Waals surface area contributed by atoms with Crippen LogP contribution in [0.5, 0.6) is 0 Å². The minimum atomic E-state index is -0.717. The molecule has 0 aliphatic carbocycles. The summed E-state index contributed by atoms with van der Waals surface area (Å²) in [6.45, 7) is 0. The SMILES string of the molecule is CN(C)C(=O)c1nc(F)ccc1-c1ncco1. The third-order valence-corrected chi connectivity index (χ3v) is 2.13. The molecule has 0 unspecified atom stereocenters. The highest BCUT2D eigenvalue weighted by molar-refractivity contribution is 5.97. The number of carbonyl (C=O) groups excluding carboxylic acids is 1. The lowest BCUT2D eigenvalue weighted by atomic mass is 10.1. The Bertz CT molecular complexity index is 538. The highest BCUT2D eigenvalue weighted by Crippen LogP contribution is 2.21. The summed E-state index contributed by atoms with van der Waals surface area (Å²) < 4.78 is 18.2. The van der Waals surface area contributed by atoms with Crippen LogP contribution in [0.3, 0.4) is 0 Å². The van der Waals surface area contributed by atoms with Crippen LogP contribution in [0.15, 0.2) is 29.0 Å². The number of carbonyl (C=O) groups is 1. The third-order valence-electron chi connectivity index (χ3n) is 2.13. The minimum Gasteiger partial charge on any atom is -0.444 e. The zero-order valence-electron chi connectivity index (χ0n) is 9.35. The van der Waals surface area contributed by atoms with E-state index in [0.717, 1.165) is 6.07 Å². The molecule has 2 aromatic heterocycles. The molecule has 0 fully saturated rings. The van der Waals surface area contributed by atoms with E-state index in [0.29, 0.717) is 5.56 Å². The number of amides is 1. The molecule has 17 heavy (non-hydrogen) atoms. The van der Waals surface area contributed by atoms with Crippen LogP contribution in [0.25, 0.3) is 11.5 Å². The van der Waals surface area contributed by atoms with E-state index in [4.69, 9.17) is 4.42 Å². The molecule has 0 atom stereocenters. The Kier molecular flexibility index (Phi) is 2.86. The van der Waals surface area contributed by atoms with Gasteiger partial charge in [0.25, 0.3) is 5.91 Å². The van der Waals surface area contributed by atoms with Crippen molar-refractivity contribution in [1.82, 2.24) is 14.9 Å². The lowest BCUT2D eigenvalue weighted by Crippen LogP contribution is -2.24. The van der Waals surface area contributed by atoms with Gasteiger partial charge in [-0.15, -0.1) is 0 Å². The maximum absolute atomic E-state index is 13.1. The van der Waals surface area contributed by atoms with Crippen molar-refractivity contribution in [2.75, 3.05) is 14.1 Å². The van der Waals surface area contributed by atoms with Gasteiger partial charge in [-0.05, 0) is 12.1 Å². The van der Waals surface area contributed by atoms with Gasteiger partial charge in [0.15, 0.2) is 0 Å². The Morgan fingerprint density at radius 3 is 2.76 bits per heavy atom. The molecule has 0 aromatic carbocycles. The normalized spacial score (nSPS) is 10.3. The molecule has 0 bridgehead atoms. The average molecular weight is 235 g/mol. The van der Waals surface area contributed by atoms with Crippen molar-refractivity contribution >= 4 is 5.91 Å². The van der Waals surface area contributed by atoms with Crippen LogP contribution in [0, 0.1) is 5.95 Å². The van der Waals surface area contributed by atoms with Crippen molar-refractivity contribution in [2.45, 2.75) is 0 Å². The number of halogens is 1. The first-order chi connectivity index (χ1) is 8.09. The van der Waals surface area contributed by atoms with Crippen molar-refractivity contribution in [3.63, 3.8) is 0 Å². The highest BCUT2D eigenvalue weighted by Gasteiger charge is 2.19. The first kappa shape index (κ1) is 11.3. The number of rotatable bonds is 2. The summed E-state index contributed by atoms with van der Waals surface area (Å²) in [5.41, 5.74) is 0.354. The van der Waals surface area contributed by atoms with Crippen molar-refractivity contribution in [3.05, 3.63) is 36.2 Å². The third kappa shape index (κ3) is 2.15. The Morgan fingerprint density at radius 2 is 2.18 bits per heavy atom. The second-order valence-electron chi connectivity index (χ2n) is 3.57. The van der Waals surface area contributed by atoms with Crippen LogP contribution in [0.1, 0.15) is 10.5 Å². The minimum absolute atomic E-state index is 0.0162. The maximum Gasteiger partial charge on any atom is 0.272 e. The lowest BCUT2D eigenvalue weighted by molar-refractivity contribution is 0.0821. The molecule has 88 valence electrons. The molecule has 6 heteroatoms. The molecule has 0 N–H and O–H groups in total. The van der Waals surface area contributed by atoms with E-state index in [9.17, 15) is 9.18 Å². The first-order valence-electron chi connectivity index (χ1n) is 4.87. The second-order valence-corrected chi connectivity index (χ2v) is 3.57. The summed E-state index contributed by atoms with van der Waals surface area (Å²) >= 11 is 0. The lowest BCUT2D eigenvalue weighted by Gasteiger charge is -2.11. The summed E-state index contributed by atoms with van der Waals surface area (Å²) in [5, 5.41) is 0. The van der Waals surface area contributed by atoms with E-state index in [2.05, 4.69) is 9.97 Å². The van der Waals surface area contributed by atoms with Crippen LogP contribution < -0.4 is 0 Å². The molecule has 1 amide bonds. The first-order valence-corrected chi connectivity index (χ1v) is 4.87. The van der Waals surface area contributed by atoms with Gasteiger partial charge in [-0.25, -0.2) is 9.97 Å². The summed E-state index contributed by atoms with van der Waals surface area (Å²) in [7, 11) is 3.13. The Balaban J connectivity index is 2.56. The molecule has 0 aliphatic rings. The second kappa shape index (κ2) is 4.32. The molecule has 0 aliphatic heterocycles. The number of oxazole rings is 1. The van der Waals surface area contributed by atoms with Crippen LogP contribution in [-0.2, 0) is 0 Å². The monoisotopic (exact) mass is 235 g/mol. The predicted octanol–water partition coefficient (Wildman–Crippen LogP) is 1.58. The highest BCUT2D eigenvalue weighted by atomic mass is 19.1.